The van der Waals surface area contributed by atoms with Crippen molar-refractivity contribution in [1.82, 2.24) is 19.3 Å². The molecule has 2 aromatic heterocycles. The van der Waals surface area contributed by atoms with E-state index in [9.17, 15) is 8.42 Å². The maximum atomic E-state index is 13.4. The van der Waals surface area contributed by atoms with Crippen LogP contribution in [0, 0.1) is 0 Å². The molecule has 1 atom stereocenters. The van der Waals surface area contributed by atoms with E-state index in [1.807, 2.05) is 18.3 Å². The molecule has 1 aromatic carbocycles. The van der Waals surface area contributed by atoms with Gasteiger partial charge in [-0.15, -0.1) is 0 Å². The fraction of sp³-hybridized carbons (Fsp3) is 0.318. The van der Waals surface area contributed by atoms with Crippen LogP contribution in [0.25, 0.3) is 11.1 Å². The lowest BCUT2D eigenvalue weighted by atomic mass is 10.0. The van der Waals surface area contributed by atoms with E-state index in [-0.39, 0.29) is 10.9 Å². The third-order valence-electron chi connectivity index (χ3n) is 5.27. The molecule has 0 amide bonds. The zero-order valence-electron chi connectivity index (χ0n) is 16.7. The van der Waals surface area contributed by atoms with Crippen LogP contribution in [0.2, 0.25) is 5.02 Å². The number of benzene rings is 1. The Kier molecular flexibility index (Phi) is 6.13. The maximum absolute atomic E-state index is 13.4. The molecule has 1 aliphatic rings. The molecule has 156 valence electrons. The SMILES string of the molecule is CCCc1ncc(-c2ccncc2)c([C@@H]2CCCN2S(=O)(=O)c2ccc(Cl)cc2)n1. The number of aryl methyl sites for hydroxylation is 1. The van der Waals surface area contributed by atoms with Gasteiger partial charge in [0, 0.05) is 42.1 Å². The number of sulfonamides is 1. The van der Waals surface area contributed by atoms with Crippen LogP contribution < -0.4 is 0 Å². The van der Waals surface area contributed by atoms with Gasteiger partial charge in [0.1, 0.15) is 5.82 Å². The van der Waals surface area contributed by atoms with Crippen molar-refractivity contribution in [2.75, 3.05) is 6.54 Å². The summed E-state index contributed by atoms with van der Waals surface area (Å²) in [6.07, 6.45) is 8.42. The van der Waals surface area contributed by atoms with Crippen molar-refractivity contribution in [3.63, 3.8) is 0 Å². The Bertz CT molecular complexity index is 1120. The molecule has 6 nitrogen and oxygen atoms in total. The molecule has 0 N–H and O–H groups in total. The Balaban J connectivity index is 1.80. The van der Waals surface area contributed by atoms with Gasteiger partial charge in [-0.2, -0.15) is 4.31 Å². The molecule has 8 heteroatoms. The zero-order chi connectivity index (χ0) is 21.1. The molecule has 30 heavy (non-hydrogen) atoms. The summed E-state index contributed by atoms with van der Waals surface area (Å²) < 4.78 is 28.4. The van der Waals surface area contributed by atoms with Gasteiger partial charge in [0.25, 0.3) is 0 Å². The molecule has 4 rings (SSSR count). The van der Waals surface area contributed by atoms with E-state index in [2.05, 4.69) is 16.9 Å². The molecule has 3 heterocycles. The Morgan fingerprint density at radius 1 is 1.13 bits per heavy atom. The van der Waals surface area contributed by atoms with Crippen molar-refractivity contribution in [1.29, 1.82) is 0 Å². The van der Waals surface area contributed by atoms with Gasteiger partial charge in [0.05, 0.1) is 16.6 Å². The van der Waals surface area contributed by atoms with Crippen molar-refractivity contribution < 1.29 is 8.42 Å². The number of rotatable bonds is 6. The number of aromatic nitrogens is 3. The first kappa shape index (κ1) is 20.9. The third-order valence-corrected chi connectivity index (χ3v) is 7.45. The van der Waals surface area contributed by atoms with Crippen molar-refractivity contribution in [3.05, 3.63) is 71.5 Å². The summed E-state index contributed by atoms with van der Waals surface area (Å²) in [5.74, 6) is 0.737. The molecule has 0 aliphatic carbocycles. The fourth-order valence-corrected chi connectivity index (χ4v) is 5.61. The smallest absolute Gasteiger partial charge is 0.243 e. The first-order valence-corrected chi connectivity index (χ1v) is 11.9. The van der Waals surface area contributed by atoms with E-state index in [0.29, 0.717) is 18.0 Å². The molecule has 1 saturated heterocycles. The first-order chi connectivity index (χ1) is 14.5. The van der Waals surface area contributed by atoms with Crippen LogP contribution in [0.15, 0.2) is 59.9 Å². The average molecular weight is 443 g/mol. The topological polar surface area (TPSA) is 76.1 Å². The van der Waals surface area contributed by atoms with Crippen LogP contribution in [0.5, 0.6) is 0 Å². The standard InChI is InChI=1S/C22H23ClN4O2S/c1-2-4-21-25-15-19(16-10-12-24-13-11-16)22(26-21)20-5-3-14-27(20)30(28,29)18-8-6-17(23)7-9-18/h6-13,15,20H,2-5,14H2,1H3/t20-/m0/s1. The van der Waals surface area contributed by atoms with Gasteiger partial charge in [0.15, 0.2) is 0 Å². The largest absolute Gasteiger partial charge is 0.265 e. The summed E-state index contributed by atoms with van der Waals surface area (Å²) in [5, 5.41) is 0.506. The molecule has 0 radical (unpaired) electrons. The minimum atomic E-state index is -3.67. The molecule has 3 aromatic rings. The van der Waals surface area contributed by atoms with E-state index in [4.69, 9.17) is 16.6 Å². The molecule has 0 unspecified atom stereocenters. The monoisotopic (exact) mass is 442 g/mol. The van der Waals surface area contributed by atoms with Crippen LogP contribution in [0.3, 0.4) is 0 Å². The summed E-state index contributed by atoms with van der Waals surface area (Å²) in [5.41, 5.74) is 2.54. The predicted octanol–water partition coefficient (Wildman–Crippen LogP) is 4.67. The van der Waals surface area contributed by atoms with Crippen LogP contribution in [0.4, 0.5) is 0 Å². The van der Waals surface area contributed by atoms with E-state index in [1.165, 1.54) is 0 Å². The van der Waals surface area contributed by atoms with Gasteiger partial charge >= 0.3 is 0 Å². The van der Waals surface area contributed by atoms with Gasteiger partial charge in [0.2, 0.25) is 10.0 Å². The molecular weight excluding hydrogens is 420 g/mol. The van der Waals surface area contributed by atoms with Gasteiger partial charge in [-0.1, -0.05) is 18.5 Å². The summed E-state index contributed by atoms with van der Waals surface area (Å²) >= 11 is 5.95. The lowest BCUT2D eigenvalue weighted by molar-refractivity contribution is 0.390. The van der Waals surface area contributed by atoms with Gasteiger partial charge in [-0.25, -0.2) is 18.4 Å². The number of hydrogen-bond donors (Lipinski definition) is 0. The zero-order valence-corrected chi connectivity index (χ0v) is 18.3. The third kappa shape index (κ3) is 4.10. The number of hydrogen-bond acceptors (Lipinski definition) is 5. The Hall–Kier alpha value is -2.35. The molecule has 0 spiro atoms. The highest BCUT2D eigenvalue weighted by atomic mass is 35.5. The second-order valence-corrected chi connectivity index (χ2v) is 9.63. The minimum Gasteiger partial charge on any atom is -0.265 e. The van der Waals surface area contributed by atoms with Crippen LogP contribution in [0.1, 0.15) is 43.7 Å². The van der Waals surface area contributed by atoms with Crippen LogP contribution in [-0.2, 0) is 16.4 Å². The van der Waals surface area contributed by atoms with Gasteiger partial charge in [-0.3, -0.25) is 4.98 Å². The van der Waals surface area contributed by atoms with Gasteiger partial charge in [-0.05, 0) is 61.2 Å². The van der Waals surface area contributed by atoms with E-state index >= 15 is 0 Å². The normalized spacial score (nSPS) is 17.3. The van der Waals surface area contributed by atoms with Crippen molar-refractivity contribution >= 4 is 21.6 Å². The van der Waals surface area contributed by atoms with Gasteiger partial charge < -0.3 is 0 Å². The molecule has 1 aliphatic heterocycles. The second-order valence-electron chi connectivity index (χ2n) is 7.30. The number of nitrogens with zero attached hydrogens (tertiary/aromatic N) is 4. The summed E-state index contributed by atoms with van der Waals surface area (Å²) in [6.45, 7) is 2.53. The fourth-order valence-electron chi connectivity index (χ4n) is 3.83. The maximum Gasteiger partial charge on any atom is 0.243 e. The van der Waals surface area contributed by atoms with E-state index < -0.39 is 10.0 Å². The Morgan fingerprint density at radius 2 is 1.87 bits per heavy atom. The first-order valence-electron chi connectivity index (χ1n) is 10.0. The highest BCUT2D eigenvalue weighted by Gasteiger charge is 2.38. The number of halogens is 1. The van der Waals surface area contributed by atoms with Crippen molar-refractivity contribution in [2.24, 2.45) is 0 Å². The highest BCUT2D eigenvalue weighted by molar-refractivity contribution is 7.89. The number of pyridine rings is 1. The predicted molar refractivity (Wildman–Crippen MR) is 117 cm³/mol. The highest BCUT2D eigenvalue weighted by Crippen LogP contribution is 2.39. The minimum absolute atomic E-state index is 0.243. The average Bonchev–Trinajstić information content (AvgIpc) is 3.26. The molecular formula is C22H23ClN4O2S. The molecule has 1 fully saturated rings. The summed E-state index contributed by atoms with van der Waals surface area (Å²) in [7, 11) is -3.67. The van der Waals surface area contributed by atoms with Crippen molar-refractivity contribution in [3.8, 4) is 11.1 Å². The summed E-state index contributed by atoms with van der Waals surface area (Å²) in [4.78, 5) is 13.7. The lowest BCUT2D eigenvalue weighted by Gasteiger charge is -2.25. The Labute approximate surface area is 182 Å². The lowest BCUT2D eigenvalue weighted by Crippen LogP contribution is -2.31. The molecule has 0 bridgehead atoms. The van der Waals surface area contributed by atoms with Crippen LogP contribution >= 0.6 is 11.6 Å². The van der Waals surface area contributed by atoms with E-state index in [1.54, 1.807) is 41.0 Å². The van der Waals surface area contributed by atoms with E-state index in [0.717, 1.165) is 41.9 Å². The summed E-state index contributed by atoms with van der Waals surface area (Å²) in [6, 6.07) is 9.77. The van der Waals surface area contributed by atoms with Crippen molar-refractivity contribution in [2.45, 2.75) is 43.5 Å². The quantitative estimate of drug-likeness (QED) is 0.554. The Morgan fingerprint density at radius 3 is 2.57 bits per heavy atom. The second kappa shape index (κ2) is 8.79. The molecule has 0 saturated carbocycles. The van der Waals surface area contributed by atoms with Crippen LogP contribution in [-0.4, -0.2) is 34.2 Å².